The van der Waals surface area contributed by atoms with Crippen LogP contribution in [-0.4, -0.2) is 23.6 Å². The molecule has 0 heterocycles. The van der Waals surface area contributed by atoms with E-state index in [1.807, 2.05) is 0 Å². The average Bonchev–Trinajstić information content (AvgIpc) is 2.90. The van der Waals surface area contributed by atoms with E-state index in [0.717, 1.165) is 0 Å². The number of primary amides is 4. The van der Waals surface area contributed by atoms with Crippen LogP contribution in [-0.2, 0) is 0 Å². The van der Waals surface area contributed by atoms with Crippen LogP contribution in [0.1, 0.15) is 41.4 Å². The van der Waals surface area contributed by atoms with E-state index < -0.39 is 23.6 Å². The van der Waals surface area contributed by atoms with Crippen molar-refractivity contribution in [1.82, 2.24) is 0 Å². The predicted molar refractivity (Wildman–Crippen MR) is 146 cm³/mol. The van der Waals surface area contributed by atoms with Gasteiger partial charge >= 0.3 is 0 Å². The van der Waals surface area contributed by atoms with Gasteiger partial charge in [-0.3, -0.25) is 19.2 Å². The minimum atomic E-state index is -0.655. The van der Waals surface area contributed by atoms with Gasteiger partial charge in [0.15, 0.2) is 0 Å². The van der Waals surface area contributed by atoms with Crippen molar-refractivity contribution in [2.24, 2.45) is 22.9 Å². The van der Waals surface area contributed by atoms with E-state index in [9.17, 15) is 19.2 Å². The zero-order valence-electron chi connectivity index (χ0n) is 20.4. The Balaban J connectivity index is 1.46. The maximum atomic E-state index is 11.8. The number of carbonyl (C=O) groups is 4. The number of hydrogen-bond acceptors (Lipinski definition) is 7. The van der Waals surface area contributed by atoms with Crippen LogP contribution in [0.3, 0.4) is 0 Å². The number of ether oxygens (including phenoxy) is 1. The zero-order chi connectivity index (χ0) is 28.1. The Bertz CT molecular complexity index is 1460. The fourth-order valence-electron chi connectivity index (χ4n) is 3.69. The van der Waals surface area contributed by atoms with Gasteiger partial charge in [-0.25, -0.2) is 0 Å². The summed E-state index contributed by atoms with van der Waals surface area (Å²) in [5, 5.41) is 6.12. The van der Waals surface area contributed by atoms with Gasteiger partial charge in [0.25, 0.3) is 11.8 Å². The lowest BCUT2D eigenvalue weighted by Gasteiger charge is -2.13. The third-order valence-corrected chi connectivity index (χ3v) is 5.64. The summed E-state index contributed by atoms with van der Waals surface area (Å²) in [5.41, 5.74) is 24.4. The van der Waals surface area contributed by atoms with E-state index in [2.05, 4.69) is 10.6 Å². The lowest BCUT2D eigenvalue weighted by atomic mass is 10.1. The molecular formula is C28H24N6O5. The maximum absolute atomic E-state index is 11.8. The minimum Gasteiger partial charge on any atom is -0.457 e. The predicted octanol–water partition coefficient (Wildman–Crippen LogP) is 3.36. The van der Waals surface area contributed by atoms with E-state index in [1.54, 1.807) is 48.5 Å². The second kappa shape index (κ2) is 11.0. The number of benzene rings is 4. The van der Waals surface area contributed by atoms with Crippen molar-refractivity contribution in [2.75, 3.05) is 10.6 Å². The molecule has 0 radical (unpaired) electrons. The molecule has 4 rings (SSSR count). The molecule has 4 amide bonds. The second-order valence-corrected chi connectivity index (χ2v) is 8.38. The van der Waals surface area contributed by atoms with Gasteiger partial charge in [-0.2, -0.15) is 0 Å². The Hall–Kier alpha value is -5.84. The summed E-state index contributed by atoms with van der Waals surface area (Å²) in [6, 6.07) is 22.4. The van der Waals surface area contributed by atoms with Gasteiger partial charge in [-0.1, -0.05) is 0 Å². The van der Waals surface area contributed by atoms with Crippen molar-refractivity contribution < 1.29 is 23.9 Å². The zero-order valence-corrected chi connectivity index (χ0v) is 20.4. The summed E-state index contributed by atoms with van der Waals surface area (Å²) in [7, 11) is 0. The molecule has 0 saturated heterocycles. The van der Waals surface area contributed by atoms with Crippen LogP contribution in [0.15, 0.2) is 84.9 Å². The first kappa shape index (κ1) is 26.2. The molecule has 0 aromatic heterocycles. The van der Waals surface area contributed by atoms with Crippen molar-refractivity contribution in [3.05, 3.63) is 107 Å². The molecule has 196 valence electrons. The van der Waals surface area contributed by atoms with Crippen LogP contribution in [0.4, 0.5) is 22.7 Å². The van der Waals surface area contributed by atoms with E-state index in [-0.39, 0.29) is 22.3 Å². The van der Waals surface area contributed by atoms with Crippen LogP contribution in [0.2, 0.25) is 0 Å². The second-order valence-electron chi connectivity index (χ2n) is 8.38. The topological polar surface area (TPSA) is 206 Å². The summed E-state index contributed by atoms with van der Waals surface area (Å²) >= 11 is 0. The number of rotatable bonds is 10. The van der Waals surface area contributed by atoms with Gasteiger partial charge in [-0.05, 0) is 84.9 Å². The summed E-state index contributed by atoms with van der Waals surface area (Å²) in [5.74, 6) is -1.51. The Labute approximate surface area is 222 Å². The average molecular weight is 525 g/mol. The molecule has 0 bridgehead atoms. The molecule has 10 N–H and O–H groups in total. The molecule has 11 nitrogen and oxygen atoms in total. The van der Waals surface area contributed by atoms with E-state index in [4.69, 9.17) is 27.7 Å². The van der Waals surface area contributed by atoms with Gasteiger partial charge in [-0.15, -0.1) is 0 Å². The van der Waals surface area contributed by atoms with Crippen LogP contribution in [0.5, 0.6) is 11.5 Å². The smallest absolute Gasteiger partial charge is 0.250 e. The van der Waals surface area contributed by atoms with Crippen molar-refractivity contribution in [2.45, 2.75) is 0 Å². The number of anilines is 4. The van der Waals surface area contributed by atoms with E-state index in [1.165, 1.54) is 36.4 Å². The van der Waals surface area contributed by atoms with Crippen molar-refractivity contribution in [3.8, 4) is 11.5 Å². The highest BCUT2D eigenvalue weighted by Gasteiger charge is 2.13. The highest BCUT2D eigenvalue weighted by molar-refractivity contribution is 6.03. The van der Waals surface area contributed by atoms with Gasteiger partial charge in [0.05, 0.1) is 22.5 Å². The fourth-order valence-corrected chi connectivity index (χ4v) is 3.69. The van der Waals surface area contributed by atoms with Crippen LogP contribution in [0, 0.1) is 0 Å². The highest BCUT2D eigenvalue weighted by Crippen LogP contribution is 2.29. The maximum Gasteiger partial charge on any atom is 0.250 e. The molecule has 4 aromatic rings. The number of nitrogens with one attached hydrogen (secondary N) is 2. The van der Waals surface area contributed by atoms with Gasteiger partial charge in [0, 0.05) is 22.5 Å². The molecule has 4 aromatic carbocycles. The SMILES string of the molecule is NC(=O)c1ccc(C(N)=O)c(Nc2ccc(Oc3ccc(Nc4cc(C(N)=O)ccc4C(N)=O)cc3)cc2)c1. The Morgan fingerprint density at radius 2 is 0.846 bits per heavy atom. The lowest BCUT2D eigenvalue weighted by Crippen LogP contribution is -2.16. The molecule has 0 atom stereocenters. The first-order valence-corrected chi connectivity index (χ1v) is 11.5. The van der Waals surface area contributed by atoms with E-state index >= 15 is 0 Å². The van der Waals surface area contributed by atoms with Gasteiger partial charge in [0.1, 0.15) is 11.5 Å². The summed E-state index contributed by atoms with van der Waals surface area (Å²) < 4.78 is 5.89. The lowest BCUT2D eigenvalue weighted by molar-refractivity contribution is 0.0989. The Kier molecular flexibility index (Phi) is 7.43. The third kappa shape index (κ3) is 6.30. The monoisotopic (exact) mass is 524 g/mol. The number of amides is 4. The molecule has 0 aliphatic carbocycles. The number of hydrogen-bond donors (Lipinski definition) is 6. The fraction of sp³-hybridized carbons (Fsp3) is 0. The molecular weight excluding hydrogens is 500 g/mol. The van der Waals surface area contributed by atoms with Gasteiger partial charge in [0.2, 0.25) is 11.8 Å². The largest absolute Gasteiger partial charge is 0.457 e. The minimum absolute atomic E-state index is 0.207. The Morgan fingerprint density at radius 3 is 1.15 bits per heavy atom. The first-order valence-electron chi connectivity index (χ1n) is 11.5. The van der Waals surface area contributed by atoms with Gasteiger partial charge < -0.3 is 38.3 Å². The molecule has 0 aliphatic rings. The van der Waals surface area contributed by atoms with Crippen molar-refractivity contribution in [1.29, 1.82) is 0 Å². The van der Waals surface area contributed by atoms with Crippen LogP contribution >= 0.6 is 0 Å². The summed E-state index contributed by atoms with van der Waals surface area (Å²) in [4.78, 5) is 46.6. The normalized spacial score (nSPS) is 10.4. The molecule has 0 fully saturated rings. The van der Waals surface area contributed by atoms with Crippen LogP contribution < -0.4 is 38.3 Å². The standard InChI is InChI=1S/C28H24N6O5/c29-25(35)15-1-11-21(27(31)37)23(13-15)33-17-3-7-19(8-4-17)39-20-9-5-18(6-10-20)34-24-14-16(26(30)36)2-12-22(24)28(32)38/h1-14,33-34H,(H2,29,35)(H2,30,36)(H2,31,37)(H2,32,38). The Morgan fingerprint density at radius 1 is 0.487 bits per heavy atom. The number of nitrogens with two attached hydrogens (primary N) is 4. The van der Waals surface area contributed by atoms with Crippen molar-refractivity contribution >= 4 is 46.4 Å². The number of carbonyl (C=O) groups excluding carboxylic acids is 4. The first-order chi connectivity index (χ1) is 18.6. The van der Waals surface area contributed by atoms with Crippen LogP contribution in [0.25, 0.3) is 0 Å². The highest BCUT2D eigenvalue weighted by atomic mass is 16.5. The molecule has 0 aliphatic heterocycles. The summed E-state index contributed by atoms with van der Waals surface area (Å²) in [6.45, 7) is 0. The molecule has 11 heteroatoms. The molecule has 0 unspecified atom stereocenters. The quantitative estimate of drug-likeness (QED) is 0.182. The third-order valence-electron chi connectivity index (χ3n) is 5.64. The molecule has 0 saturated carbocycles. The summed E-state index contributed by atoms with van der Waals surface area (Å²) in [6.07, 6.45) is 0. The van der Waals surface area contributed by atoms with Crippen molar-refractivity contribution in [3.63, 3.8) is 0 Å². The molecule has 0 spiro atoms. The molecule has 39 heavy (non-hydrogen) atoms. The van der Waals surface area contributed by atoms with E-state index in [0.29, 0.717) is 34.2 Å².